The zero-order valence-corrected chi connectivity index (χ0v) is 9.15. The molecule has 0 amide bonds. The Labute approximate surface area is 97.9 Å². The van der Waals surface area contributed by atoms with Crippen LogP contribution in [0.15, 0.2) is 42.6 Å². The van der Waals surface area contributed by atoms with E-state index in [0.717, 1.165) is 5.56 Å². The highest BCUT2D eigenvalue weighted by atomic mass is 35.5. The molecule has 0 bridgehead atoms. The van der Waals surface area contributed by atoms with Crippen molar-refractivity contribution in [3.8, 4) is 0 Å². The van der Waals surface area contributed by atoms with E-state index in [1.54, 1.807) is 22.9 Å². The van der Waals surface area contributed by atoms with Crippen molar-refractivity contribution in [2.75, 3.05) is 0 Å². The van der Waals surface area contributed by atoms with E-state index in [-0.39, 0.29) is 5.69 Å². The number of carboxylic acid groups (broad SMARTS) is 1. The van der Waals surface area contributed by atoms with Gasteiger partial charge >= 0.3 is 0 Å². The molecule has 1 heterocycles. The lowest BCUT2D eigenvalue weighted by molar-refractivity contribution is -0.255. The third-order valence-corrected chi connectivity index (χ3v) is 2.71. The number of carbonyl (C=O) groups is 1. The summed E-state index contributed by atoms with van der Waals surface area (Å²) in [4.78, 5) is 10.8. The Morgan fingerprint density at radius 1 is 1.25 bits per heavy atom. The van der Waals surface area contributed by atoms with Gasteiger partial charge in [0.1, 0.15) is 0 Å². The number of aromatic nitrogens is 1. The van der Waals surface area contributed by atoms with Gasteiger partial charge in [0.25, 0.3) is 0 Å². The zero-order chi connectivity index (χ0) is 11.5. The first-order chi connectivity index (χ1) is 7.68. The van der Waals surface area contributed by atoms with Crippen molar-refractivity contribution >= 4 is 17.6 Å². The molecule has 0 radical (unpaired) electrons. The van der Waals surface area contributed by atoms with Gasteiger partial charge in [0, 0.05) is 17.8 Å². The monoisotopic (exact) mass is 234 g/mol. The molecule has 0 saturated carbocycles. The summed E-state index contributed by atoms with van der Waals surface area (Å²) in [5.41, 5.74) is 1.03. The number of carbonyl (C=O) groups excluding carboxylic acids is 1. The Morgan fingerprint density at radius 3 is 2.69 bits per heavy atom. The van der Waals surface area contributed by atoms with Gasteiger partial charge in [-0.2, -0.15) is 0 Å². The quantitative estimate of drug-likeness (QED) is 0.809. The lowest BCUT2D eigenvalue weighted by Gasteiger charge is -2.10. The Morgan fingerprint density at radius 2 is 2.00 bits per heavy atom. The Balaban J connectivity index is 2.31. The number of halogens is 1. The molecular weight excluding hydrogens is 226 g/mol. The van der Waals surface area contributed by atoms with Crippen LogP contribution in [0.5, 0.6) is 0 Å². The predicted octanol–water partition coefficient (Wildman–Crippen LogP) is 1.55. The van der Waals surface area contributed by atoms with E-state index < -0.39 is 5.97 Å². The van der Waals surface area contributed by atoms with Crippen molar-refractivity contribution in [2.24, 2.45) is 0 Å². The minimum Gasteiger partial charge on any atom is -0.543 e. The van der Waals surface area contributed by atoms with Gasteiger partial charge in [0.2, 0.25) is 0 Å². The predicted molar refractivity (Wildman–Crippen MR) is 59.3 cm³/mol. The second-order valence-electron chi connectivity index (χ2n) is 3.40. The molecule has 0 aliphatic rings. The SMILES string of the molecule is O=C([O-])c1cccn1Cc1ccccc1Cl. The van der Waals surface area contributed by atoms with Gasteiger partial charge in [-0.1, -0.05) is 29.8 Å². The second kappa shape index (κ2) is 4.41. The molecule has 3 nitrogen and oxygen atoms in total. The summed E-state index contributed by atoms with van der Waals surface area (Å²) in [7, 11) is 0. The van der Waals surface area contributed by atoms with E-state index in [4.69, 9.17) is 11.6 Å². The molecule has 0 aliphatic carbocycles. The van der Waals surface area contributed by atoms with Gasteiger partial charge in [0.15, 0.2) is 0 Å². The summed E-state index contributed by atoms with van der Waals surface area (Å²) in [6.45, 7) is 0.427. The van der Waals surface area contributed by atoms with E-state index in [2.05, 4.69) is 0 Å². The minimum atomic E-state index is -1.18. The molecule has 2 rings (SSSR count). The van der Waals surface area contributed by atoms with E-state index >= 15 is 0 Å². The number of aromatic carboxylic acids is 1. The molecule has 16 heavy (non-hydrogen) atoms. The van der Waals surface area contributed by atoms with E-state index in [9.17, 15) is 9.90 Å². The lowest BCUT2D eigenvalue weighted by Crippen LogP contribution is -2.25. The average molecular weight is 235 g/mol. The van der Waals surface area contributed by atoms with Gasteiger partial charge < -0.3 is 14.5 Å². The van der Waals surface area contributed by atoms with Crippen LogP contribution >= 0.6 is 11.6 Å². The third kappa shape index (κ3) is 2.09. The molecule has 1 aromatic carbocycles. The molecule has 2 aromatic rings. The van der Waals surface area contributed by atoms with Crippen LogP contribution in [0.25, 0.3) is 0 Å². The fraction of sp³-hybridized carbons (Fsp3) is 0.0833. The Kier molecular flexibility index (Phi) is 2.97. The largest absolute Gasteiger partial charge is 0.543 e. The first-order valence-electron chi connectivity index (χ1n) is 4.78. The molecule has 0 aliphatic heterocycles. The van der Waals surface area contributed by atoms with E-state index in [1.807, 2.05) is 18.2 Å². The van der Waals surface area contributed by atoms with Gasteiger partial charge in [-0.05, 0) is 23.8 Å². The van der Waals surface area contributed by atoms with Crippen LogP contribution in [0.1, 0.15) is 16.1 Å². The average Bonchev–Trinajstić information content (AvgIpc) is 2.69. The van der Waals surface area contributed by atoms with Crippen molar-refractivity contribution in [2.45, 2.75) is 6.54 Å². The highest BCUT2D eigenvalue weighted by Crippen LogP contribution is 2.17. The number of benzene rings is 1. The second-order valence-corrected chi connectivity index (χ2v) is 3.81. The number of nitrogens with zero attached hydrogens (tertiary/aromatic N) is 1. The van der Waals surface area contributed by atoms with Crippen molar-refractivity contribution in [3.63, 3.8) is 0 Å². The molecule has 0 unspecified atom stereocenters. The van der Waals surface area contributed by atoms with Crippen molar-refractivity contribution in [3.05, 3.63) is 58.9 Å². The molecule has 82 valence electrons. The number of rotatable bonds is 3. The van der Waals surface area contributed by atoms with Gasteiger partial charge in [-0.15, -0.1) is 0 Å². The van der Waals surface area contributed by atoms with Crippen molar-refractivity contribution in [1.29, 1.82) is 0 Å². The summed E-state index contributed by atoms with van der Waals surface area (Å²) in [5.74, 6) is -1.18. The zero-order valence-electron chi connectivity index (χ0n) is 8.39. The molecular formula is C12H9ClNO2-. The van der Waals surface area contributed by atoms with Crippen molar-refractivity contribution in [1.82, 2.24) is 4.57 Å². The van der Waals surface area contributed by atoms with Gasteiger partial charge in [-0.3, -0.25) is 0 Å². The number of hydrogen-bond donors (Lipinski definition) is 0. The first-order valence-corrected chi connectivity index (χ1v) is 5.16. The Hall–Kier alpha value is -1.74. The molecule has 4 heteroatoms. The molecule has 0 atom stereocenters. The van der Waals surface area contributed by atoms with Gasteiger partial charge in [0.05, 0.1) is 11.7 Å². The van der Waals surface area contributed by atoms with Crippen LogP contribution in [0.4, 0.5) is 0 Å². The lowest BCUT2D eigenvalue weighted by atomic mass is 10.2. The van der Waals surface area contributed by atoms with Crippen LogP contribution in [0.3, 0.4) is 0 Å². The highest BCUT2D eigenvalue weighted by Gasteiger charge is 2.04. The summed E-state index contributed by atoms with van der Waals surface area (Å²) in [6, 6.07) is 10.5. The number of carboxylic acids is 1. The van der Waals surface area contributed by atoms with E-state index in [1.165, 1.54) is 6.07 Å². The molecule has 0 spiro atoms. The van der Waals surface area contributed by atoms with Crippen LogP contribution < -0.4 is 5.11 Å². The van der Waals surface area contributed by atoms with Crippen molar-refractivity contribution < 1.29 is 9.90 Å². The maximum Gasteiger partial charge on any atom is 0.0880 e. The fourth-order valence-electron chi connectivity index (χ4n) is 1.55. The van der Waals surface area contributed by atoms with Gasteiger partial charge in [-0.25, -0.2) is 0 Å². The topological polar surface area (TPSA) is 45.1 Å². The van der Waals surface area contributed by atoms with Crippen LogP contribution in [0.2, 0.25) is 5.02 Å². The standard InChI is InChI=1S/C12H10ClNO2/c13-10-5-2-1-4-9(10)8-14-7-3-6-11(14)12(15)16/h1-7H,8H2,(H,15,16)/p-1. The summed E-state index contributed by atoms with van der Waals surface area (Å²) >= 11 is 6.00. The smallest absolute Gasteiger partial charge is 0.0880 e. The first kappa shape index (κ1) is 10.8. The fourth-order valence-corrected chi connectivity index (χ4v) is 1.74. The molecule has 0 saturated heterocycles. The minimum absolute atomic E-state index is 0.153. The summed E-state index contributed by atoms with van der Waals surface area (Å²) in [6.07, 6.45) is 1.69. The summed E-state index contributed by atoms with van der Waals surface area (Å²) < 4.78 is 1.59. The van der Waals surface area contributed by atoms with Crippen LogP contribution in [-0.4, -0.2) is 10.5 Å². The Bertz CT molecular complexity index is 519. The maximum absolute atomic E-state index is 10.8. The van der Waals surface area contributed by atoms with Crippen LogP contribution in [0, 0.1) is 0 Å². The molecule has 0 N–H and O–H groups in total. The summed E-state index contributed by atoms with van der Waals surface area (Å²) in [5, 5.41) is 11.4. The maximum atomic E-state index is 10.8. The molecule has 0 fully saturated rings. The normalized spacial score (nSPS) is 10.3. The molecule has 1 aromatic heterocycles. The highest BCUT2D eigenvalue weighted by molar-refractivity contribution is 6.31. The number of hydrogen-bond acceptors (Lipinski definition) is 2. The van der Waals surface area contributed by atoms with Crippen LogP contribution in [-0.2, 0) is 6.54 Å². The van der Waals surface area contributed by atoms with E-state index in [0.29, 0.717) is 11.6 Å². The third-order valence-electron chi connectivity index (χ3n) is 2.34.